The van der Waals surface area contributed by atoms with Crippen LogP contribution in [0.1, 0.15) is 32.3 Å². The van der Waals surface area contributed by atoms with Crippen LogP contribution < -0.4 is 10.6 Å². The molecular weight excluding hydrogens is 288 g/mol. The largest absolute Gasteiger partial charge is 0.369 e. The Labute approximate surface area is 119 Å². The number of hydrogen-bond acceptors (Lipinski definition) is 2. The van der Waals surface area contributed by atoms with Crippen molar-refractivity contribution in [2.75, 3.05) is 18.0 Å². The minimum Gasteiger partial charge on any atom is -0.369 e. The molecule has 0 bridgehead atoms. The van der Waals surface area contributed by atoms with E-state index in [9.17, 15) is 0 Å². The van der Waals surface area contributed by atoms with Crippen LogP contribution >= 0.6 is 15.9 Å². The Morgan fingerprint density at radius 3 is 2.67 bits per heavy atom. The van der Waals surface area contributed by atoms with Gasteiger partial charge in [0.2, 0.25) is 0 Å². The molecule has 0 atom stereocenters. The van der Waals surface area contributed by atoms with E-state index in [1.54, 1.807) is 0 Å². The van der Waals surface area contributed by atoms with Crippen LogP contribution in [0.25, 0.3) is 0 Å². The van der Waals surface area contributed by atoms with Gasteiger partial charge in [-0.25, -0.2) is 0 Å². The lowest BCUT2D eigenvalue weighted by Crippen LogP contribution is -2.33. The lowest BCUT2D eigenvalue weighted by atomic mass is 10.1. The Bertz CT molecular complexity index is 399. The number of hydrogen-bond donors (Lipinski definition) is 1. The van der Waals surface area contributed by atoms with Crippen molar-refractivity contribution in [1.82, 2.24) is 0 Å². The van der Waals surface area contributed by atoms with Crippen molar-refractivity contribution in [2.24, 2.45) is 11.7 Å². The highest BCUT2D eigenvalue weighted by Gasteiger charge is 2.26. The summed E-state index contributed by atoms with van der Waals surface area (Å²) in [6.07, 6.45) is 3.74. The fourth-order valence-electron chi connectivity index (χ4n) is 2.36. The quantitative estimate of drug-likeness (QED) is 0.870. The van der Waals surface area contributed by atoms with Gasteiger partial charge in [0.15, 0.2) is 0 Å². The van der Waals surface area contributed by atoms with Gasteiger partial charge >= 0.3 is 0 Å². The molecule has 2 N–H and O–H groups in total. The molecule has 1 aromatic carbocycles. The van der Waals surface area contributed by atoms with Gasteiger partial charge in [-0.15, -0.1) is 0 Å². The van der Waals surface area contributed by atoms with Crippen LogP contribution in [0.4, 0.5) is 5.69 Å². The summed E-state index contributed by atoms with van der Waals surface area (Å²) in [5.74, 6) is 0.904. The molecule has 0 amide bonds. The highest BCUT2D eigenvalue weighted by atomic mass is 79.9. The smallest absolute Gasteiger partial charge is 0.0402 e. The van der Waals surface area contributed by atoms with Gasteiger partial charge in [-0.05, 0) is 69.3 Å². The molecular formula is C15H23BrN2. The number of anilines is 1. The lowest BCUT2D eigenvalue weighted by molar-refractivity contribution is 0.641. The van der Waals surface area contributed by atoms with E-state index in [-0.39, 0.29) is 0 Å². The molecule has 1 aliphatic carbocycles. The topological polar surface area (TPSA) is 29.3 Å². The van der Waals surface area contributed by atoms with Crippen molar-refractivity contribution in [1.29, 1.82) is 0 Å². The summed E-state index contributed by atoms with van der Waals surface area (Å²) < 4.78 is 1.14. The van der Waals surface area contributed by atoms with Gasteiger partial charge in [0.25, 0.3) is 0 Å². The highest BCUT2D eigenvalue weighted by molar-refractivity contribution is 9.10. The van der Waals surface area contributed by atoms with Crippen molar-refractivity contribution >= 4 is 21.6 Å². The van der Waals surface area contributed by atoms with Crippen LogP contribution in [0.2, 0.25) is 0 Å². The Morgan fingerprint density at radius 2 is 2.11 bits per heavy atom. The summed E-state index contributed by atoms with van der Waals surface area (Å²) in [5.41, 5.74) is 8.46. The standard InChI is InChI=1S/C15H23BrN2/c1-11(2)18(10-12-3-4-12)15-6-5-14(16)9-13(15)7-8-17/h5-6,9,11-12H,3-4,7-8,10,17H2,1-2H3. The van der Waals surface area contributed by atoms with Crippen molar-refractivity contribution in [2.45, 2.75) is 39.2 Å². The summed E-state index contributed by atoms with van der Waals surface area (Å²) in [6.45, 7) is 6.45. The zero-order valence-electron chi connectivity index (χ0n) is 11.3. The second-order valence-corrected chi connectivity index (χ2v) is 6.42. The van der Waals surface area contributed by atoms with Crippen LogP contribution in [0, 0.1) is 5.92 Å². The summed E-state index contributed by atoms with van der Waals surface area (Å²) in [7, 11) is 0. The van der Waals surface area contributed by atoms with Crippen molar-refractivity contribution < 1.29 is 0 Å². The molecule has 2 nitrogen and oxygen atoms in total. The molecule has 18 heavy (non-hydrogen) atoms. The summed E-state index contributed by atoms with van der Waals surface area (Å²) in [4.78, 5) is 2.54. The van der Waals surface area contributed by atoms with E-state index in [0.29, 0.717) is 12.6 Å². The van der Waals surface area contributed by atoms with Gasteiger partial charge in [0.1, 0.15) is 0 Å². The molecule has 0 unspecified atom stereocenters. The summed E-state index contributed by atoms with van der Waals surface area (Å²) >= 11 is 3.56. The SMILES string of the molecule is CC(C)N(CC1CC1)c1ccc(Br)cc1CCN. The average molecular weight is 311 g/mol. The molecule has 1 saturated carbocycles. The maximum atomic E-state index is 5.74. The number of rotatable bonds is 6. The zero-order chi connectivity index (χ0) is 13.1. The van der Waals surface area contributed by atoms with E-state index in [1.165, 1.54) is 30.6 Å². The number of nitrogens with two attached hydrogens (primary N) is 1. The van der Waals surface area contributed by atoms with Gasteiger partial charge < -0.3 is 10.6 Å². The molecule has 0 radical (unpaired) electrons. The molecule has 0 aliphatic heterocycles. The number of benzene rings is 1. The van der Waals surface area contributed by atoms with Crippen molar-refractivity contribution in [3.63, 3.8) is 0 Å². The van der Waals surface area contributed by atoms with Crippen molar-refractivity contribution in [3.8, 4) is 0 Å². The molecule has 3 heteroatoms. The Morgan fingerprint density at radius 1 is 1.39 bits per heavy atom. The van der Waals surface area contributed by atoms with Gasteiger partial charge in [0.05, 0.1) is 0 Å². The van der Waals surface area contributed by atoms with Crippen molar-refractivity contribution in [3.05, 3.63) is 28.2 Å². The summed E-state index contributed by atoms with van der Waals surface area (Å²) in [5, 5.41) is 0. The van der Waals surface area contributed by atoms with Gasteiger partial charge in [-0.2, -0.15) is 0 Å². The van der Waals surface area contributed by atoms with Crippen LogP contribution in [0.3, 0.4) is 0 Å². The maximum absolute atomic E-state index is 5.74. The molecule has 0 heterocycles. The fraction of sp³-hybridized carbons (Fsp3) is 0.600. The molecule has 1 aromatic rings. The predicted octanol–water partition coefficient (Wildman–Crippen LogP) is 3.58. The normalized spacial score (nSPS) is 15.2. The van der Waals surface area contributed by atoms with E-state index in [4.69, 9.17) is 5.73 Å². The fourth-order valence-corrected chi connectivity index (χ4v) is 2.76. The lowest BCUT2D eigenvalue weighted by Gasteiger charge is -2.31. The second-order valence-electron chi connectivity index (χ2n) is 5.50. The van der Waals surface area contributed by atoms with Gasteiger partial charge in [-0.3, -0.25) is 0 Å². The van der Waals surface area contributed by atoms with Crippen LogP contribution in [-0.2, 0) is 6.42 Å². The summed E-state index contributed by atoms with van der Waals surface area (Å²) in [6, 6.07) is 7.13. The van der Waals surface area contributed by atoms with Crippen LogP contribution in [0.15, 0.2) is 22.7 Å². The monoisotopic (exact) mass is 310 g/mol. The Kier molecular flexibility index (Phi) is 4.68. The minimum absolute atomic E-state index is 0.545. The molecule has 100 valence electrons. The molecule has 1 fully saturated rings. The van der Waals surface area contributed by atoms with Crippen LogP contribution in [0.5, 0.6) is 0 Å². The zero-order valence-corrected chi connectivity index (χ0v) is 12.9. The number of nitrogens with zero attached hydrogens (tertiary/aromatic N) is 1. The Balaban J connectivity index is 2.26. The maximum Gasteiger partial charge on any atom is 0.0402 e. The molecule has 0 saturated heterocycles. The molecule has 0 aromatic heterocycles. The van der Waals surface area contributed by atoms with Gasteiger partial charge in [0, 0.05) is 22.7 Å². The first-order valence-electron chi connectivity index (χ1n) is 6.87. The minimum atomic E-state index is 0.545. The second kappa shape index (κ2) is 6.07. The van der Waals surface area contributed by atoms with E-state index in [0.717, 1.165) is 16.8 Å². The molecule has 1 aliphatic rings. The third kappa shape index (κ3) is 3.48. The Hall–Kier alpha value is -0.540. The third-order valence-electron chi connectivity index (χ3n) is 3.54. The molecule has 0 spiro atoms. The predicted molar refractivity (Wildman–Crippen MR) is 82.1 cm³/mol. The number of halogens is 1. The highest BCUT2D eigenvalue weighted by Crippen LogP contribution is 2.34. The van der Waals surface area contributed by atoms with E-state index >= 15 is 0 Å². The van der Waals surface area contributed by atoms with Gasteiger partial charge in [-0.1, -0.05) is 15.9 Å². The van der Waals surface area contributed by atoms with Crippen LogP contribution in [-0.4, -0.2) is 19.1 Å². The van der Waals surface area contributed by atoms with E-state index in [2.05, 4.69) is 52.9 Å². The average Bonchev–Trinajstić information content (AvgIpc) is 3.11. The van der Waals surface area contributed by atoms with E-state index in [1.807, 2.05) is 0 Å². The first-order valence-corrected chi connectivity index (χ1v) is 7.66. The first kappa shape index (κ1) is 13.9. The third-order valence-corrected chi connectivity index (χ3v) is 4.03. The molecule has 2 rings (SSSR count). The van der Waals surface area contributed by atoms with E-state index < -0.39 is 0 Å². The first-order chi connectivity index (χ1) is 8.61.